The smallest absolute Gasteiger partial charge is 0.219 e. The molecule has 6 atom stereocenters. The fraction of sp³-hybridized carbons (Fsp3) is 0.857. The van der Waals surface area contributed by atoms with E-state index in [9.17, 15) is 9.90 Å². The molecule has 1 saturated heterocycles. The van der Waals surface area contributed by atoms with Crippen LogP contribution in [0.15, 0.2) is 0 Å². The van der Waals surface area contributed by atoms with Crippen LogP contribution in [0.5, 0.6) is 0 Å². The minimum Gasteiger partial charge on any atom is -0.393 e. The summed E-state index contributed by atoms with van der Waals surface area (Å²) in [6.07, 6.45) is 12.0. The van der Waals surface area contributed by atoms with Gasteiger partial charge in [0.2, 0.25) is 5.60 Å². The summed E-state index contributed by atoms with van der Waals surface area (Å²) in [6, 6.07) is 0. The van der Waals surface area contributed by atoms with E-state index in [1.807, 2.05) is 0 Å². The number of Topliss-reactive ketones (excluding diaryl/α,β-unsaturated/α-hetero) is 1. The zero-order valence-corrected chi connectivity index (χ0v) is 15.4. The Bertz CT molecular complexity index is 646. The van der Waals surface area contributed by atoms with E-state index in [1.165, 1.54) is 19.3 Å². The fourth-order valence-corrected chi connectivity index (χ4v) is 7.51. The van der Waals surface area contributed by atoms with Crippen LogP contribution in [0.4, 0.5) is 0 Å². The lowest BCUT2D eigenvalue weighted by atomic mass is 9.38. The van der Waals surface area contributed by atoms with Crippen molar-refractivity contribution in [2.75, 3.05) is 6.61 Å². The van der Waals surface area contributed by atoms with E-state index >= 15 is 0 Å². The van der Waals surface area contributed by atoms with E-state index in [0.717, 1.165) is 12.8 Å². The van der Waals surface area contributed by atoms with E-state index in [2.05, 4.69) is 33.6 Å². The molecule has 1 heterocycles. The average molecular weight is 330 g/mol. The highest BCUT2D eigenvalue weighted by molar-refractivity contribution is 5.97. The summed E-state index contributed by atoms with van der Waals surface area (Å²) in [5.41, 5.74) is -1.81. The highest BCUT2D eigenvalue weighted by Gasteiger charge is 2.85. The van der Waals surface area contributed by atoms with Crippen LogP contribution in [0.1, 0.15) is 66.2 Å². The summed E-state index contributed by atoms with van der Waals surface area (Å²) in [7, 11) is 0. The first-order valence-electron chi connectivity index (χ1n) is 9.46. The van der Waals surface area contributed by atoms with E-state index in [4.69, 9.17) is 11.2 Å². The Labute approximate surface area is 145 Å². The fourth-order valence-electron chi connectivity index (χ4n) is 7.51. The molecule has 1 N–H and O–H groups in total. The molecule has 0 aromatic rings. The van der Waals surface area contributed by atoms with Crippen molar-refractivity contribution < 1.29 is 14.6 Å². The van der Waals surface area contributed by atoms with Crippen LogP contribution in [0, 0.1) is 40.4 Å². The second-order valence-electron chi connectivity index (χ2n) is 9.95. The van der Waals surface area contributed by atoms with Crippen LogP contribution in [0.2, 0.25) is 0 Å². The normalized spacial score (nSPS) is 54.9. The molecule has 0 aromatic carbocycles. The highest BCUT2D eigenvalue weighted by Crippen LogP contribution is 2.75. The van der Waals surface area contributed by atoms with Gasteiger partial charge in [-0.1, -0.05) is 40.0 Å². The third-order valence-electron chi connectivity index (χ3n) is 8.78. The monoisotopic (exact) mass is 330 g/mol. The Balaban J connectivity index is 1.83. The first-order valence-corrected chi connectivity index (χ1v) is 9.46. The largest absolute Gasteiger partial charge is 0.393 e. The van der Waals surface area contributed by atoms with Crippen molar-refractivity contribution >= 4 is 5.78 Å². The molecular formula is C21H30O3. The van der Waals surface area contributed by atoms with Crippen molar-refractivity contribution in [1.29, 1.82) is 0 Å². The summed E-state index contributed by atoms with van der Waals surface area (Å²) in [6.45, 7) is 9.25. The Morgan fingerprint density at radius 1 is 1.21 bits per heavy atom. The molecular weight excluding hydrogens is 300 g/mol. The van der Waals surface area contributed by atoms with Gasteiger partial charge in [-0.05, 0) is 48.3 Å². The predicted molar refractivity (Wildman–Crippen MR) is 92.1 cm³/mol. The van der Waals surface area contributed by atoms with Crippen LogP contribution in [0.25, 0.3) is 0 Å². The summed E-state index contributed by atoms with van der Waals surface area (Å²) < 4.78 is 5.98. The summed E-state index contributed by atoms with van der Waals surface area (Å²) in [4.78, 5) is 12.9. The number of ketones is 1. The van der Waals surface area contributed by atoms with Crippen molar-refractivity contribution in [3.8, 4) is 12.3 Å². The molecule has 4 rings (SSSR count). The summed E-state index contributed by atoms with van der Waals surface area (Å²) in [5, 5.41) is 10.2. The number of hydrogen-bond donors (Lipinski definition) is 1. The summed E-state index contributed by atoms with van der Waals surface area (Å²) in [5.74, 6) is 3.51. The molecule has 0 aromatic heterocycles. The molecule has 0 radical (unpaired) electrons. The number of terminal acetylenes is 1. The molecule has 24 heavy (non-hydrogen) atoms. The molecule has 0 amide bonds. The van der Waals surface area contributed by atoms with Crippen molar-refractivity contribution in [1.82, 2.24) is 0 Å². The van der Waals surface area contributed by atoms with Gasteiger partial charge in [0.25, 0.3) is 0 Å². The average Bonchev–Trinajstić information content (AvgIpc) is 3.22. The van der Waals surface area contributed by atoms with Gasteiger partial charge in [0.1, 0.15) is 5.60 Å². The Kier molecular flexibility index (Phi) is 3.08. The van der Waals surface area contributed by atoms with Gasteiger partial charge in [-0.2, -0.15) is 0 Å². The summed E-state index contributed by atoms with van der Waals surface area (Å²) >= 11 is 0. The molecule has 4 aliphatic rings. The van der Waals surface area contributed by atoms with Gasteiger partial charge in [-0.3, -0.25) is 4.79 Å². The maximum Gasteiger partial charge on any atom is 0.219 e. The lowest BCUT2D eigenvalue weighted by Crippen LogP contribution is -2.65. The van der Waals surface area contributed by atoms with Gasteiger partial charge >= 0.3 is 0 Å². The number of aliphatic hydroxyl groups is 1. The zero-order valence-electron chi connectivity index (χ0n) is 15.4. The minimum absolute atomic E-state index is 0.0202. The lowest BCUT2D eigenvalue weighted by molar-refractivity contribution is -0.170. The molecule has 3 saturated carbocycles. The molecule has 132 valence electrons. The molecule has 4 fully saturated rings. The van der Waals surface area contributed by atoms with Gasteiger partial charge < -0.3 is 9.84 Å². The van der Waals surface area contributed by atoms with E-state index in [1.54, 1.807) is 0 Å². The van der Waals surface area contributed by atoms with Crippen LogP contribution >= 0.6 is 0 Å². The molecule has 0 bridgehead atoms. The van der Waals surface area contributed by atoms with Crippen LogP contribution in [-0.2, 0) is 9.53 Å². The third kappa shape index (κ3) is 1.52. The van der Waals surface area contributed by atoms with E-state index in [0.29, 0.717) is 17.8 Å². The number of epoxide rings is 1. The zero-order chi connectivity index (χ0) is 17.6. The van der Waals surface area contributed by atoms with Crippen molar-refractivity contribution in [2.45, 2.75) is 77.4 Å². The SMILES string of the molecule is C#C[C@@]12O[C@]1(CO)[C@]1(C)CC[C@H]3C(C)(C)CCC[C@]3(C)[C@H]1CC2=O. The first kappa shape index (κ1) is 16.6. The number of rotatable bonds is 1. The topological polar surface area (TPSA) is 49.8 Å². The van der Waals surface area contributed by atoms with Crippen molar-refractivity contribution in [3.05, 3.63) is 0 Å². The number of aliphatic hydroxyl groups excluding tert-OH is 1. The van der Waals surface area contributed by atoms with Crippen molar-refractivity contribution in [2.24, 2.45) is 28.1 Å². The van der Waals surface area contributed by atoms with Crippen LogP contribution in [-0.4, -0.2) is 28.7 Å². The second-order valence-corrected chi connectivity index (χ2v) is 9.95. The third-order valence-corrected chi connectivity index (χ3v) is 8.78. The molecule has 1 aliphatic heterocycles. The van der Waals surface area contributed by atoms with Crippen molar-refractivity contribution in [3.63, 3.8) is 0 Å². The Morgan fingerprint density at radius 3 is 2.54 bits per heavy atom. The van der Waals surface area contributed by atoms with Gasteiger partial charge in [-0.25, -0.2) is 0 Å². The Morgan fingerprint density at radius 2 is 1.92 bits per heavy atom. The molecule has 0 spiro atoms. The second kappa shape index (κ2) is 4.46. The quantitative estimate of drug-likeness (QED) is 0.592. The number of carbonyl (C=O) groups excluding carboxylic acids is 1. The van der Waals surface area contributed by atoms with Crippen LogP contribution in [0.3, 0.4) is 0 Å². The highest BCUT2D eigenvalue weighted by atomic mass is 16.6. The molecule has 3 aliphatic carbocycles. The lowest BCUT2D eigenvalue weighted by Gasteiger charge is -2.64. The van der Waals surface area contributed by atoms with Gasteiger partial charge in [-0.15, -0.1) is 6.42 Å². The van der Waals surface area contributed by atoms with E-state index < -0.39 is 11.2 Å². The van der Waals surface area contributed by atoms with Gasteiger partial charge in [0.05, 0.1) is 6.61 Å². The standard InChI is InChI=1S/C21H30O3/c1-6-20-16(23)12-15-18(4)10-7-9-17(2,3)14(18)8-11-19(15,5)21(20,13-22)24-20/h1,14-15,22H,7-13H2,2-5H3/t14-,15+,18-,19+,20-,21+/m0/s1. The van der Waals surface area contributed by atoms with Crippen LogP contribution < -0.4 is 0 Å². The Hall–Kier alpha value is -0.850. The minimum atomic E-state index is -1.17. The number of fused-ring (bicyclic) bond motifs is 5. The van der Waals surface area contributed by atoms with Gasteiger partial charge in [0.15, 0.2) is 5.78 Å². The molecule has 0 unspecified atom stereocenters. The maximum absolute atomic E-state index is 12.9. The van der Waals surface area contributed by atoms with E-state index in [-0.39, 0.29) is 29.1 Å². The number of hydrogen-bond acceptors (Lipinski definition) is 3. The maximum atomic E-state index is 12.9. The molecule has 3 heteroatoms. The molecule has 3 nitrogen and oxygen atoms in total. The predicted octanol–water partition coefficient (Wildman–Crippen LogP) is 3.34. The first-order chi connectivity index (χ1) is 11.1. The number of ether oxygens (including phenoxy) is 1. The van der Waals surface area contributed by atoms with Gasteiger partial charge in [0, 0.05) is 11.8 Å². The number of carbonyl (C=O) groups is 1.